The van der Waals surface area contributed by atoms with Crippen molar-refractivity contribution in [2.75, 3.05) is 3.76 Å². The quantitative estimate of drug-likeness (QED) is 0.583. The molecule has 0 atom stereocenters. The van der Waals surface area contributed by atoms with Gasteiger partial charge < -0.3 is 10.8 Å². The molecule has 0 bridgehead atoms. The van der Waals surface area contributed by atoms with Crippen LogP contribution in [-0.4, -0.2) is 17.3 Å². The summed E-state index contributed by atoms with van der Waals surface area (Å²) in [5.74, 6) is -0.220. The second-order valence-electron chi connectivity index (χ2n) is 5.16. The number of hydrogen-bond donors (Lipinski definition) is 2. The Morgan fingerprint density at radius 1 is 1.32 bits per heavy atom. The van der Waals surface area contributed by atoms with E-state index in [4.69, 9.17) is 5.73 Å². The molecule has 0 saturated carbocycles. The van der Waals surface area contributed by atoms with Gasteiger partial charge in [-0.25, -0.2) is 8.42 Å². The van der Waals surface area contributed by atoms with E-state index in [2.05, 4.69) is 0 Å². The first-order valence-corrected chi connectivity index (χ1v) is 8.66. The molecule has 0 aliphatic heterocycles. The van der Waals surface area contributed by atoms with Crippen LogP contribution in [0.4, 0.5) is 0 Å². The van der Waals surface area contributed by atoms with Crippen molar-refractivity contribution in [2.45, 2.75) is 37.6 Å². The lowest BCUT2D eigenvalue weighted by molar-refractivity contribution is 0.450. The van der Waals surface area contributed by atoms with Gasteiger partial charge in [0.05, 0.1) is 0 Å². The number of phenolic OH excluding ortho intramolecular Hbond substituents is 1. The first-order chi connectivity index (χ1) is 8.13. The molecule has 110 valence electrons. The van der Waals surface area contributed by atoms with Crippen molar-refractivity contribution in [1.82, 2.24) is 0 Å². The molecule has 0 saturated heterocycles. The number of benzene rings is 1. The smallest absolute Gasteiger partial charge is 0.191 e. The second-order valence-corrected chi connectivity index (χ2v) is 8.92. The Morgan fingerprint density at radius 3 is 2.21 bits per heavy atom. The number of rotatable bonds is 3. The largest absolute Gasteiger partial charge is 0.506 e. The molecule has 0 aromatic heterocycles. The number of halogens is 2. The number of aromatic hydroxyl groups is 1. The molecule has 3 N–H and O–H groups in total. The van der Waals surface area contributed by atoms with Crippen LogP contribution in [0, 0.1) is 0 Å². The first-order valence-electron chi connectivity index (χ1n) is 5.48. The lowest BCUT2D eigenvalue weighted by Gasteiger charge is -2.22. The van der Waals surface area contributed by atoms with Crippen LogP contribution in [0.1, 0.15) is 31.9 Å². The van der Waals surface area contributed by atoms with E-state index in [1.807, 2.05) is 20.8 Å². The Balaban J connectivity index is 0.00000324. The van der Waals surface area contributed by atoms with E-state index in [0.717, 1.165) is 5.56 Å². The van der Waals surface area contributed by atoms with Gasteiger partial charge in [-0.15, -0.1) is 12.4 Å². The van der Waals surface area contributed by atoms with Crippen LogP contribution < -0.4 is 5.73 Å². The van der Waals surface area contributed by atoms with Gasteiger partial charge in [-0.3, -0.25) is 0 Å². The zero-order chi connectivity index (χ0) is 14.1. The van der Waals surface area contributed by atoms with Crippen LogP contribution in [0.5, 0.6) is 5.75 Å². The van der Waals surface area contributed by atoms with Gasteiger partial charge in [0.2, 0.25) is 0 Å². The predicted molar refractivity (Wildman–Crippen MR) is 88.0 cm³/mol. The molecule has 1 aromatic carbocycles. The van der Waals surface area contributed by atoms with Crippen LogP contribution in [0.25, 0.3) is 0 Å². The minimum Gasteiger partial charge on any atom is -0.506 e. The molecule has 19 heavy (non-hydrogen) atoms. The van der Waals surface area contributed by atoms with E-state index in [0.29, 0.717) is 5.56 Å². The van der Waals surface area contributed by atoms with Crippen molar-refractivity contribution < 1.29 is 13.5 Å². The molecule has 0 unspecified atom stereocenters. The summed E-state index contributed by atoms with van der Waals surface area (Å²) in [4.78, 5) is -0.0234. The van der Waals surface area contributed by atoms with Gasteiger partial charge in [0.15, 0.2) is 9.84 Å². The zero-order valence-corrected chi connectivity index (χ0v) is 14.9. The summed E-state index contributed by atoms with van der Waals surface area (Å²) < 4.78 is 23.8. The summed E-state index contributed by atoms with van der Waals surface area (Å²) in [5.41, 5.74) is 6.67. The average molecular weight is 420 g/mol. The summed E-state index contributed by atoms with van der Waals surface area (Å²) in [6.45, 7) is 6.07. The van der Waals surface area contributed by atoms with Gasteiger partial charge in [0, 0.05) is 12.1 Å². The minimum absolute atomic E-state index is 0. The molecule has 0 aliphatic carbocycles. The molecule has 0 spiro atoms. The third-order valence-corrected chi connectivity index (χ3v) is 6.45. The van der Waals surface area contributed by atoms with Crippen molar-refractivity contribution >= 4 is 44.8 Å². The van der Waals surface area contributed by atoms with Gasteiger partial charge in [0.1, 0.15) is 14.4 Å². The van der Waals surface area contributed by atoms with Crippen molar-refractivity contribution in [2.24, 2.45) is 5.73 Å². The van der Waals surface area contributed by atoms with Crippen LogP contribution in [0.3, 0.4) is 0 Å². The monoisotopic (exact) mass is 419 g/mol. The Hall–Kier alpha value is -0.0500. The zero-order valence-electron chi connectivity index (χ0n) is 11.1. The molecule has 0 aliphatic rings. The van der Waals surface area contributed by atoms with Crippen molar-refractivity contribution in [1.29, 1.82) is 0 Å². The average Bonchev–Trinajstić information content (AvgIpc) is 2.27. The molecule has 0 radical (unpaired) electrons. The number of phenols is 1. The Kier molecular flexibility index (Phi) is 6.58. The first kappa shape index (κ1) is 18.9. The van der Waals surface area contributed by atoms with Gasteiger partial charge in [0.25, 0.3) is 0 Å². The van der Waals surface area contributed by atoms with E-state index in [-0.39, 0.29) is 38.8 Å². The van der Waals surface area contributed by atoms with Crippen molar-refractivity contribution in [3.63, 3.8) is 0 Å². The maximum Gasteiger partial charge on any atom is 0.191 e. The molecule has 4 nitrogen and oxygen atoms in total. The fraction of sp³-hybridized carbons (Fsp3) is 0.500. The summed E-state index contributed by atoms with van der Waals surface area (Å²) in [6, 6.07) is 3.31. The predicted octanol–water partition coefficient (Wildman–Crippen LogP) is 2.74. The summed E-state index contributed by atoms with van der Waals surface area (Å²) >= 11 is 1.78. The standard InChI is InChI=1S/C12H18INO3S.ClH/c1-12(2,3)9-4-8(6-14)11(15)10(5-9)18(16,17)7-13;/h4-5,15H,6-7,14H2,1-3H3;1H. The number of nitrogens with two attached hydrogens (primary N) is 1. The van der Waals surface area contributed by atoms with Crippen LogP contribution in [0.15, 0.2) is 17.0 Å². The summed E-state index contributed by atoms with van der Waals surface area (Å²) in [5, 5.41) is 9.98. The van der Waals surface area contributed by atoms with Crippen molar-refractivity contribution in [3.05, 3.63) is 23.3 Å². The minimum atomic E-state index is -3.46. The van der Waals surface area contributed by atoms with Gasteiger partial charge in [-0.1, -0.05) is 49.4 Å². The van der Waals surface area contributed by atoms with Gasteiger partial charge >= 0.3 is 0 Å². The fourth-order valence-corrected chi connectivity index (χ4v) is 3.41. The molecule has 0 heterocycles. The highest BCUT2D eigenvalue weighted by molar-refractivity contribution is 14.1. The Morgan fingerprint density at radius 2 is 1.84 bits per heavy atom. The highest BCUT2D eigenvalue weighted by Crippen LogP contribution is 2.34. The Labute approximate surface area is 134 Å². The van der Waals surface area contributed by atoms with Gasteiger partial charge in [-0.05, 0) is 17.0 Å². The number of alkyl halides is 1. The highest BCUT2D eigenvalue weighted by atomic mass is 127. The van der Waals surface area contributed by atoms with Gasteiger partial charge in [-0.2, -0.15) is 0 Å². The lowest BCUT2D eigenvalue weighted by atomic mass is 9.86. The van der Waals surface area contributed by atoms with E-state index in [1.165, 1.54) is 0 Å². The lowest BCUT2D eigenvalue weighted by Crippen LogP contribution is -2.15. The van der Waals surface area contributed by atoms with E-state index in [1.54, 1.807) is 34.7 Å². The molecule has 0 amide bonds. The van der Waals surface area contributed by atoms with Crippen LogP contribution in [0.2, 0.25) is 0 Å². The molecule has 1 rings (SSSR count). The SMILES string of the molecule is CC(C)(C)c1cc(CN)c(O)c(S(=O)(=O)CI)c1.Cl. The topological polar surface area (TPSA) is 80.4 Å². The third kappa shape index (κ3) is 4.21. The molecular weight excluding hydrogens is 401 g/mol. The fourth-order valence-electron chi connectivity index (χ4n) is 1.55. The molecular formula is C12H19ClINO3S. The molecule has 1 aromatic rings. The van der Waals surface area contributed by atoms with Crippen LogP contribution in [-0.2, 0) is 21.8 Å². The van der Waals surface area contributed by atoms with E-state index >= 15 is 0 Å². The maximum absolute atomic E-state index is 12.0. The third-order valence-electron chi connectivity index (χ3n) is 2.72. The second kappa shape index (κ2) is 6.60. The normalized spacial score (nSPS) is 12.1. The molecule has 0 fully saturated rings. The van der Waals surface area contributed by atoms with Crippen molar-refractivity contribution in [3.8, 4) is 5.75 Å². The maximum atomic E-state index is 12.0. The highest BCUT2D eigenvalue weighted by Gasteiger charge is 2.24. The summed E-state index contributed by atoms with van der Waals surface area (Å²) in [7, 11) is -3.46. The Bertz CT molecular complexity index is 553. The van der Waals surface area contributed by atoms with Crippen LogP contribution >= 0.6 is 35.0 Å². The molecule has 7 heteroatoms. The number of sulfone groups is 1. The summed E-state index contributed by atoms with van der Waals surface area (Å²) in [6.07, 6.45) is 0. The number of hydrogen-bond acceptors (Lipinski definition) is 4. The van der Waals surface area contributed by atoms with E-state index in [9.17, 15) is 13.5 Å². The van der Waals surface area contributed by atoms with E-state index < -0.39 is 9.84 Å².